The molecule has 1 aliphatic rings. The van der Waals surface area contributed by atoms with Crippen molar-refractivity contribution in [2.24, 2.45) is 5.73 Å². The third-order valence-electron chi connectivity index (χ3n) is 2.70. The Bertz CT molecular complexity index is 313. The van der Waals surface area contributed by atoms with Crippen molar-refractivity contribution in [2.75, 3.05) is 13.2 Å². The van der Waals surface area contributed by atoms with Crippen LogP contribution in [-0.4, -0.2) is 31.1 Å². The zero-order valence-electron chi connectivity index (χ0n) is 10.2. The van der Waals surface area contributed by atoms with E-state index >= 15 is 0 Å². The molecule has 0 radical (unpaired) electrons. The third-order valence-corrected chi connectivity index (χ3v) is 2.70. The van der Waals surface area contributed by atoms with E-state index in [2.05, 4.69) is 16.1 Å². The van der Waals surface area contributed by atoms with Gasteiger partial charge < -0.3 is 15.8 Å². The molecule has 3 N–H and O–H groups in total. The van der Waals surface area contributed by atoms with E-state index in [1.807, 2.05) is 0 Å². The maximum Gasteiger partial charge on any atom is 0.332 e. The Hall–Kier alpha value is -1.36. The van der Waals surface area contributed by atoms with Crippen molar-refractivity contribution in [1.29, 1.82) is 0 Å². The molecular formula is C12H20N2O3. The highest BCUT2D eigenvalue weighted by Gasteiger charge is 2.22. The molecule has 0 heterocycles. The summed E-state index contributed by atoms with van der Waals surface area (Å²) in [5.41, 5.74) is 6.81. The van der Waals surface area contributed by atoms with Crippen molar-refractivity contribution in [3.05, 3.63) is 11.6 Å². The average molecular weight is 240 g/mol. The Kier molecular flexibility index (Phi) is 5.69. The lowest BCUT2D eigenvalue weighted by molar-refractivity contribution is -0.147. The molecule has 0 saturated carbocycles. The number of nitrogens with one attached hydrogen (secondary N) is 1. The van der Waals surface area contributed by atoms with Gasteiger partial charge in [0.2, 0.25) is 5.91 Å². The van der Waals surface area contributed by atoms with Crippen LogP contribution in [0.5, 0.6) is 0 Å². The van der Waals surface area contributed by atoms with Crippen molar-refractivity contribution in [3.8, 4) is 0 Å². The van der Waals surface area contributed by atoms with Crippen molar-refractivity contribution in [2.45, 2.75) is 38.6 Å². The predicted molar refractivity (Wildman–Crippen MR) is 64.2 cm³/mol. The number of allylic oxidation sites excluding steroid dienone is 1. The van der Waals surface area contributed by atoms with Crippen molar-refractivity contribution < 1.29 is 14.3 Å². The minimum absolute atomic E-state index is 0.229. The molecule has 1 aliphatic carbocycles. The number of hydrogen-bond acceptors (Lipinski definition) is 4. The summed E-state index contributed by atoms with van der Waals surface area (Å²) in [6.45, 7) is 2.43. The fraction of sp³-hybridized carbons (Fsp3) is 0.667. The maximum absolute atomic E-state index is 11.5. The SMILES string of the molecule is CCOC(=O)C(N)C(=O)NCCC1=CCCC1. The standard InChI is InChI=1S/C12H20N2O3/c1-2-17-12(16)10(13)11(15)14-8-7-9-5-3-4-6-9/h5,10H,2-4,6-8,13H2,1H3,(H,14,15). The van der Waals surface area contributed by atoms with Gasteiger partial charge in [0.15, 0.2) is 6.04 Å². The molecule has 1 amide bonds. The Balaban J connectivity index is 2.21. The van der Waals surface area contributed by atoms with Gasteiger partial charge in [-0.25, -0.2) is 4.79 Å². The van der Waals surface area contributed by atoms with Gasteiger partial charge in [-0.3, -0.25) is 4.79 Å². The zero-order chi connectivity index (χ0) is 12.7. The molecule has 0 spiro atoms. The highest BCUT2D eigenvalue weighted by Crippen LogP contribution is 2.19. The van der Waals surface area contributed by atoms with Gasteiger partial charge in [-0.2, -0.15) is 0 Å². The predicted octanol–water partition coefficient (Wildman–Crippen LogP) is 0.493. The largest absolute Gasteiger partial charge is 0.464 e. The van der Waals surface area contributed by atoms with Gasteiger partial charge in [0, 0.05) is 6.54 Å². The van der Waals surface area contributed by atoms with E-state index in [9.17, 15) is 9.59 Å². The number of ether oxygens (including phenoxy) is 1. The summed E-state index contributed by atoms with van der Waals surface area (Å²) < 4.78 is 4.67. The van der Waals surface area contributed by atoms with Crippen molar-refractivity contribution >= 4 is 11.9 Å². The summed E-state index contributed by atoms with van der Waals surface area (Å²) >= 11 is 0. The van der Waals surface area contributed by atoms with E-state index in [-0.39, 0.29) is 6.61 Å². The van der Waals surface area contributed by atoms with E-state index in [1.165, 1.54) is 12.0 Å². The molecule has 96 valence electrons. The molecule has 17 heavy (non-hydrogen) atoms. The van der Waals surface area contributed by atoms with Gasteiger partial charge in [-0.05, 0) is 32.6 Å². The normalized spacial score (nSPS) is 16.2. The maximum atomic E-state index is 11.5. The Morgan fingerprint density at radius 2 is 2.35 bits per heavy atom. The van der Waals surface area contributed by atoms with Gasteiger partial charge in [0.25, 0.3) is 0 Å². The molecule has 0 saturated heterocycles. The third kappa shape index (κ3) is 4.56. The van der Waals surface area contributed by atoms with Crippen LogP contribution < -0.4 is 11.1 Å². The van der Waals surface area contributed by atoms with Crippen molar-refractivity contribution in [3.63, 3.8) is 0 Å². The second-order valence-corrected chi connectivity index (χ2v) is 4.03. The molecule has 5 heteroatoms. The molecule has 0 fully saturated rings. The van der Waals surface area contributed by atoms with E-state index in [0.717, 1.165) is 19.3 Å². The summed E-state index contributed by atoms with van der Waals surface area (Å²) in [7, 11) is 0. The smallest absolute Gasteiger partial charge is 0.332 e. The first kappa shape index (κ1) is 13.7. The molecule has 1 rings (SSSR count). The first-order valence-electron chi connectivity index (χ1n) is 6.03. The summed E-state index contributed by atoms with van der Waals surface area (Å²) in [5.74, 6) is -1.15. The number of rotatable bonds is 6. The lowest BCUT2D eigenvalue weighted by atomic mass is 10.1. The van der Waals surface area contributed by atoms with Crippen LogP contribution >= 0.6 is 0 Å². The van der Waals surface area contributed by atoms with Crippen LogP contribution in [0.1, 0.15) is 32.6 Å². The fourth-order valence-corrected chi connectivity index (χ4v) is 1.76. The lowest BCUT2D eigenvalue weighted by Crippen LogP contribution is -2.47. The average Bonchev–Trinajstić information content (AvgIpc) is 2.81. The van der Waals surface area contributed by atoms with E-state index < -0.39 is 17.9 Å². The monoisotopic (exact) mass is 240 g/mol. The molecule has 1 unspecified atom stereocenters. The lowest BCUT2D eigenvalue weighted by Gasteiger charge is -2.11. The van der Waals surface area contributed by atoms with Crippen LogP contribution in [0, 0.1) is 0 Å². The van der Waals surface area contributed by atoms with Gasteiger partial charge >= 0.3 is 5.97 Å². The quantitative estimate of drug-likeness (QED) is 0.402. The molecule has 5 nitrogen and oxygen atoms in total. The van der Waals surface area contributed by atoms with Crippen molar-refractivity contribution in [1.82, 2.24) is 5.32 Å². The second kappa shape index (κ2) is 7.06. The van der Waals surface area contributed by atoms with E-state index in [4.69, 9.17) is 5.73 Å². The van der Waals surface area contributed by atoms with E-state index in [0.29, 0.717) is 6.54 Å². The van der Waals surface area contributed by atoms with Crippen LogP contribution in [0.2, 0.25) is 0 Å². The summed E-state index contributed by atoms with van der Waals surface area (Å²) in [6.07, 6.45) is 6.48. The van der Waals surface area contributed by atoms with Gasteiger partial charge in [-0.1, -0.05) is 11.6 Å². The number of nitrogens with two attached hydrogens (primary N) is 1. The molecule has 0 aliphatic heterocycles. The minimum atomic E-state index is -1.22. The van der Waals surface area contributed by atoms with Gasteiger partial charge in [0.05, 0.1) is 6.61 Å². The van der Waals surface area contributed by atoms with Gasteiger partial charge in [0.1, 0.15) is 0 Å². The van der Waals surface area contributed by atoms with Crippen LogP contribution in [0.25, 0.3) is 0 Å². The number of hydrogen-bond donors (Lipinski definition) is 2. The highest BCUT2D eigenvalue weighted by atomic mass is 16.5. The molecule has 0 aromatic heterocycles. The minimum Gasteiger partial charge on any atom is -0.464 e. The van der Waals surface area contributed by atoms with E-state index in [1.54, 1.807) is 6.92 Å². The molecule has 0 bridgehead atoms. The van der Waals surface area contributed by atoms with Crippen LogP contribution in [0.4, 0.5) is 0 Å². The number of carbonyl (C=O) groups excluding carboxylic acids is 2. The highest BCUT2D eigenvalue weighted by molar-refractivity contribution is 6.01. The number of carbonyl (C=O) groups is 2. The molecule has 0 aromatic carbocycles. The Morgan fingerprint density at radius 1 is 1.59 bits per heavy atom. The molecule has 0 aromatic rings. The Morgan fingerprint density at radius 3 is 2.94 bits per heavy atom. The summed E-state index contributed by atoms with van der Waals surface area (Å²) in [6, 6.07) is -1.22. The topological polar surface area (TPSA) is 81.4 Å². The van der Waals surface area contributed by atoms with Crippen LogP contribution in [0.15, 0.2) is 11.6 Å². The first-order valence-corrected chi connectivity index (χ1v) is 6.03. The van der Waals surface area contributed by atoms with Gasteiger partial charge in [-0.15, -0.1) is 0 Å². The number of amides is 1. The number of esters is 1. The summed E-state index contributed by atoms with van der Waals surface area (Å²) in [4.78, 5) is 22.7. The fourth-order valence-electron chi connectivity index (χ4n) is 1.76. The second-order valence-electron chi connectivity index (χ2n) is 4.03. The zero-order valence-corrected chi connectivity index (χ0v) is 10.2. The summed E-state index contributed by atoms with van der Waals surface area (Å²) in [5, 5.41) is 2.64. The molecular weight excluding hydrogens is 220 g/mol. The Labute approximate surface area is 101 Å². The van der Waals surface area contributed by atoms with Crippen LogP contribution in [-0.2, 0) is 14.3 Å². The molecule has 1 atom stereocenters. The van der Waals surface area contributed by atoms with Crippen LogP contribution in [0.3, 0.4) is 0 Å². The first-order chi connectivity index (χ1) is 8.15.